The van der Waals surface area contributed by atoms with Crippen molar-refractivity contribution in [2.45, 2.75) is 31.0 Å². The van der Waals surface area contributed by atoms with Gasteiger partial charge in [-0.15, -0.1) is 0 Å². The van der Waals surface area contributed by atoms with Crippen molar-refractivity contribution in [2.75, 3.05) is 12.0 Å². The van der Waals surface area contributed by atoms with E-state index in [0.29, 0.717) is 30.1 Å². The summed E-state index contributed by atoms with van der Waals surface area (Å²) >= 11 is 2.36. The average molecular weight is 281 g/mol. The van der Waals surface area contributed by atoms with Crippen LogP contribution in [0.3, 0.4) is 0 Å². The zero-order valence-electron chi connectivity index (χ0n) is 9.91. The number of rotatable bonds is 8. The first-order valence-electron chi connectivity index (χ1n) is 5.31. The molecule has 1 aromatic rings. The second-order valence-corrected chi connectivity index (χ2v) is 5.57. The lowest BCUT2D eigenvalue weighted by atomic mass is 10.3. The van der Waals surface area contributed by atoms with E-state index in [-0.39, 0.29) is 5.75 Å². The van der Waals surface area contributed by atoms with Crippen molar-refractivity contribution >= 4 is 23.5 Å². The van der Waals surface area contributed by atoms with Crippen molar-refractivity contribution in [2.24, 2.45) is 0 Å². The van der Waals surface area contributed by atoms with E-state index in [2.05, 4.69) is 18.5 Å². The highest BCUT2D eigenvalue weighted by Gasteiger charge is 2.08. The van der Waals surface area contributed by atoms with Gasteiger partial charge in [0.25, 0.3) is 5.76 Å². The van der Waals surface area contributed by atoms with Gasteiger partial charge in [-0.05, 0) is 25.3 Å². The zero-order valence-corrected chi connectivity index (χ0v) is 11.5. The molecule has 0 aliphatic rings. The van der Waals surface area contributed by atoms with Crippen molar-refractivity contribution < 1.29 is 13.2 Å². The molecule has 2 nitrogen and oxygen atoms in total. The van der Waals surface area contributed by atoms with Gasteiger partial charge in [-0.1, -0.05) is 11.8 Å². The van der Waals surface area contributed by atoms with E-state index in [9.17, 15) is 8.78 Å². The Labute approximate surface area is 109 Å². The largest absolute Gasteiger partial charge is 0.464 e. The number of hydrogen-bond acceptors (Lipinski definition) is 4. The average Bonchev–Trinajstić information content (AvgIpc) is 2.72. The molecule has 1 atom stereocenters. The highest BCUT2D eigenvalue weighted by atomic mass is 32.2. The van der Waals surface area contributed by atoms with Crippen LogP contribution in [0.1, 0.15) is 18.4 Å². The van der Waals surface area contributed by atoms with E-state index < -0.39 is 5.76 Å². The van der Waals surface area contributed by atoms with Crippen LogP contribution in [0.4, 0.5) is 8.78 Å². The lowest BCUT2D eigenvalue weighted by Gasteiger charge is -2.10. The monoisotopic (exact) mass is 281 g/mol. The van der Waals surface area contributed by atoms with Gasteiger partial charge in [0.2, 0.25) is 0 Å². The smallest absolute Gasteiger partial charge is 0.284 e. The maximum Gasteiger partial charge on any atom is 0.284 e. The molecule has 0 fully saturated rings. The van der Waals surface area contributed by atoms with Gasteiger partial charge in [0, 0.05) is 11.8 Å². The summed E-state index contributed by atoms with van der Waals surface area (Å²) in [5.41, 5.74) is 0. The first-order chi connectivity index (χ1) is 8.11. The van der Waals surface area contributed by atoms with Crippen molar-refractivity contribution in [1.29, 1.82) is 0 Å². The lowest BCUT2D eigenvalue weighted by molar-refractivity contribution is 0.251. The highest BCUT2D eigenvalue weighted by molar-refractivity contribution is 7.98. The predicted molar refractivity (Wildman–Crippen MR) is 70.7 cm³/mol. The second-order valence-electron chi connectivity index (χ2n) is 3.68. The van der Waals surface area contributed by atoms with E-state index in [1.54, 1.807) is 17.8 Å². The number of hydrogen-bond donors (Lipinski definition) is 1. The first kappa shape index (κ1) is 14.9. The Morgan fingerprint density at radius 1 is 1.35 bits per heavy atom. The Bertz CT molecular complexity index is 320. The van der Waals surface area contributed by atoms with Crippen LogP contribution in [0, 0.1) is 0 Å². The molecule has 0 saturated heterocycles. The van der Waals surface area contributed by atoms with Gasteiger partial charge >= 0.3 is 0 Å². The summed E-state index contributed by atoms with van der Waals surface area (Å²) < 4.78 is 29.4. The number of alkyl halides is 2. The minimum absolute atomic E-state index is 0.220. The lowest BCUT2D eigenvalue weighted by Crippen LogP contribution is -2.27. The summed E-state index contributed by atoms with van der Waals surface area (Å²) in [5, 5.41) is 3.31. The van der Waals surface area contributed by atoms with Gasteiger partial charge in [0.05, 0.1) is 12.3 Å². The molecule has 1 N–H and O–H groups in total. The molecule has 1 aromatic heterocycles. The zero-order chi connectivity index (χ0) is 12.7. The van der Waals surface area contributed by atoms with E-state index in [0.717, 1.165) is 11.5 Å². The van der Waals surface area contributed by atoms with Crippen LogP contribution in [0.25, 0.3) is 0 Å². The molecule has 0 bridgehead atoms. The fourth-order valence-electron chi connectivity index (χ4n) is 1.32. The Kier molecular flexibility index (Phi) is 6.99. The van der Waals surface area contributed by atoms with Crippen molar-refractivity contribution in [3.63, 3.8) is 0 Å². The van der Waals surface area contributed by atoms with Crippen LogP contribution in [-0.4, -0.2) is 23.8 Å². The molecule has 17 heavy (non-hydrogen) atoms. The normalized spacial score (nSPS) is 13.2. The van der Waals surface area contributed by atoms with E-state index in [1.807, 2.05) is 6.07 Å². The van der Waals surface area contributed by atoms with Crippen molar-refractivity contribution in [3.05, 3.63) is 23.7 Å². The van der Waals surface area contributed by atoms with E-state index in [4.69, 9.17) is 4.42 Å². The van der Waals surface area contributed by atoms with Gasteiger partial charge < -0.3 is 9.73 Å². The molecular formula is C11H17F2NOS2. The van der Waals surface area contributed by atoms with Crippen LogP contribution in [0.2, 0.25) is 0 Å². The molecule has 0 saturated carbocycles. The minimum Gasteiger partial charge on any atom is -0.464 e. The molecule has 0 spiro atoms. The van der Waals surface area contributed by atoms with Crippen LogP contribution >= 0.6 is 23.5 Å². The fourth-order valence-corrected chi connectivity index (χ4v) is 2.39. The third kappa shape index (κ3) is 6.33. The summed E-state index contributed by atoms with van der Waals surface area (Å²) in [6.45, 7) is 2.74. The molecule has 6 heteroatoms. The van der Waals surface area contributed by atoms with Crippen molar-refractivity contribution in [1.82, 2.24) is 5.32 Å². The minimum atomic E-state index is -2.34. The molecular weight excluding hydrogens is 264 g/mol. The quantitative estimate of drug-likeness (QED) is 0.787. The van der Waals surface area contributed by atoms with Crippen LogP contribution in [0.15, 0.2) is 16.5 Å². The molecule has 0 aliphatic heterocycles. The topological polar surface area (TPSA) is 25.2 Å². The van der Waals surface area contributed by atoms with E-state index in [1.165, 1.54) is 0 Å². The Morgan fingerprint density at radius 2 is 2.06 bits per heavy atom. The molecule has 98 valence electrons. The molecule has 1 rings (SSSR count). The summed E-state index contributed by atoms with van der Waals surface area (Å²) in [4.78, 5) is 0. The first-order valence-corrected chi connectivity index (χ1v) is 7.75. The van der Waals surface area contributed by atoms with Crippen LogP contribution in [0.5, 0.6) is 0 Å². The Hall–Kier alpha value is -0.200. The molecule has 0 radical (unpaired) electrons. The number of nitrogens with one attached hydrogen (secondary N) is 1. The molecule has 1 unspecified atom stereocenters. The van der Waals surface area contributed by atoms with Gasteiger partial charge in [-0.2, -0.15) is 20.5 Å². The van der Waals surface area contributed by atoms with Gasteiger partial charge in [0.15, 0.2) is 0 Å². The molecule has 0 aliphatic carbocycles. The maximum absolute atomic E-state index is 12.0. The standard InChI is InChI=1S/C11H17F2NOS2/c1-8(6-16-2)14-5-9-3-4-10(15-9)7-17-11(12)13/h3-4,8,11,14H,5-7H2,1-2H3. The predicted octanol–water partition coefficient (Wildman–Crippen LogP) is 3.58. The third-order valence-electron chi connectivity index (χ3n) is 2.11. The van der Waals surface area contributed by atoms with Gasteiger partial charge in [-0.3, -0.25) is 0 Å². The summed E-state index contributed by atoms with van der Waals surface area (Å²) in [6.07, 6.45) is 2.06. The number of halogens is 2. The Morgan fingerprint density at radius 3 is 2.71 bits per heavy atom. The summed E-state index contributed by atoms with van der Waals surface area (Å²) in [6, 6.07) is 4.00. The summed E-state index contributed by atoms with van der Waals surface area (Å²) in [7, 11) is 0. The number of thioether (sulfide) groups is 2. The Balaban J connectivity index is 2.30. The SMILES string of the molecule is CSCC(C)NCc1ccc(CSC(F)F)o1. The number of furan rings is 1. The van der Waals surface area contributed by atoms with Gasteiger partial charge in [-0.25, -0.2) is 0 Å². The van der Waals surface area contributed by atoms with Crippen LogP contribution < -0.4 is 5.32 Å². The fraction of sp³-hybridized carbons (Fsp3) is 0.636. The van der Waals surface area contributed by atoms with E-state index >= 15 is 0 Å². The molecule has 1 heterocycles. The van der Waals surface area contributed by atoms with Crippen LogP contribution in [-0.2, 0) is 12.3 Å². The van der Waals surface area contributed by atoms with Crippen molar-refractivity contribution in [3.8, 4) is 0 Å². The molecule has 0 aromatic carbocycles. The second kappa shape index (κ2) is 8.00. The summed E-state index contributed by atoms with van der Waals surface area (Å²) in [5.74, 6) is 0.308. The van der Waals surface area contributed by atoms with Gasteiger partial charge in [0.1, 0.15) is 11.5 Å². The maximum atomic E-state index is 12.0. The molecule has 0 amide bonds. The third-order valence-corrected chi connectivity index (χ3v) is 3.65. The highest BCUT2D eigenvalue weighted by Crippen LogP contribution is 2.21.